The lowest BCUT2D eigenvalue weighted by molar-refractivity contribution is 0.717. The summed E-state index contributed by atoms with van der Waals surface area (Å²) >= 11 is 5.11. The molecule has 19 heavy (non-hydrogen) atoms. The molecule has 0 aliphatic heterocycles. The van der Waals surface area contributed by atoms with Crippen LogP contribution in [0.3, 0.4) is 0 Å². The van der Waals surface area contributed by atoms with Gasteiger partial charge in [0.05, 0.1) is 10.2 Å². The van der Waals surface area contributed by atoms with E-state index < -0.39 is 0 Å². The highest BCUT2D eigenvalue weighted by Crippen LogP contribution is 2.24. The number of pyridine rings is 2. The average molecular weight is 334 g/mol. The Morgan fingerprint density at radius 2 is 2.16 bits per heavy atom. The molecule has 0 saturated carbocycles. The van der Waals surface area contributed by atoms with Crippen LogP contribution in [0.4, 0.5) is 0 Å². The molecule has 3 aromatic rings. The maximum atomic E-state index is 6.26. The van der Waals surface area contributed by atoms with Crippen LogP contribution < -0.4 is 5.73 Å². The second-order valence-corrected chi connectivity index (χ2v) is 6.26. The minimum Gasteiger partial charge on any atom is -0.324 e. The smallest absolute Gasteiger partial charge is 0.0809 e. The van der Waals surface area contributed by atoms with Crippen molar-refractivity contribution >= 4 is 37.5 Å². The molecular weight excluding hydrogens is 322 g/mol. The lowest BCUT2D eigenvalue weighted by Gasteiger charge is -2.11. The minimum atomic E-state index is -0.0601. The van der Waals surface area contributed by atoms with Crippen molar-refractivity contribution < 1.29 is 0 Å². The highest BCUT2D eigenvalue weighted by molar-refractivity contribution is 9.10. The van der Waals surface area contributed by atoms with E-state index in [1.165, 1.54) is 4.70 Å². The van der Waals surface area contributed by atoms with Crippen LogP contribution in [-0.4, -0.2) is 9.97 Å². The first-order valence-corrected chi connectivity index (χ1v) is 7.58. The highest BCUT2D eigenvalue weighted by atomic mass is 79.9. The van der Waals surface area contributed by atoms with Gasteiger partial charge in [-0.15, -0.1) is 11.3 Å². The van der Waals surface area contributed by atoms with E-state index >= 15 is 0 Å². The molecule has 0 radical (unpaired) electrons. The lowest BCUT2D eigenvalue weighted by Crippen LogP contribution is -2.13. The minimum absolute atomic E-state index is 0.0601. The SMILES string of the molecule is NC(Cc1cncc(Br)c1)c1cnc2ccsc2c1. The van der Waals surface area contributed by atoms with E-state index in [0.717, 1.165) is 27.5 Å². The van der Waals surface area contributed by atoms with Gasteiger partial charge in [0.2, 0.25) is 0 Å². The zero-order chi connectivity index (χ0) is 13.2. The third-order valence-electron chi connectivity index (χ3n) is 2.97. The number of nitrogens with zero attached hydrogens (tertiary/aromatic N) is 2. The molecule has 0 fully saturated rings. The molecule has 0 saturated heterocycles. The van der Waals surface area contributed by atoms with Crippen molar-refractivity contribution in [3.63, 3.8) is 0 Å². The summed E-state index contributed by atoms with van der Waals surface area (Å²) in [6.45, 7) is 0. The maximum absolute atomic E-state index is 6.26. The number of thiophene rings is 1. The molecule has 0 aliphatic rings. The van der Waals surface area contributed by atoms with Gasteiger partial charge in [0.1, 0.15) is 0 Å². The summed E-state index contributed by atoms with van der Waals surface area (Å²) in [5.41, 5.74) is 9.47. The number of hydrogen-bond acceptors (Lipinski definition) is 4. The number of nitrogens with two attached hydrogens (primary N) is 1. The van der Waals surface area contributed by atoms with Gasteiger partial charge in [-0.2, -0.15) is 0 Å². The molecule has 3 nitrogen and oxygen atoms in total. The van der Waals surface area contributed by atoms with Crippen molar-refractivity contribution in [2.24, 2.45) is 5.73 Å². The van der Waals surface area contributed by atoms with Gasteiger partial charge in [-0.1, -0.05) is 0 Å². The Labute approximate surface area is 123 Å². The van der Waals surface area contributed by atoms with Crippen LogP contribution in [0, 0.1) is 0 Å². The van der Waals surface area contributed by atoms with Crippen LogP contribution in [0.1, 0.15) is 17.2 Å². The quantitative estimate of drug-likeness (QED) is 0.795. The molecule has 1 unspecified atom stereocenters. The molecule has 0 aromatic carbocycles. The van der Waals surface area contributed by atoms with Gasteiger partial charge in [0.15, 0.2) is 0 Å². The van der Waals surface area contributed by atoms with Crippen molar-refractivity contribution in [2.45, 2.75) is 12.5 Å². The van der Waals surface area contributed by atoms with E-state index in [1.807, 2.05) is 29.9 Å². The predicted molar refractivity (Wildman–Crippen MR) is 82.2 cm³/mol. The fourth-order valence-electron chi connectivity index (χ4n) is 2.00. The molecule has 1 atom stereocenters. The largest absolute Gasteiger partial charge is 0.324 e. The fraction of sp³-hybridized carbons (Fsp3) is 0.143. The first-order chi connectivity index (χ1) is 9.22. The Morgan fingerprint density at radius 3 is 3.00 bits per heavy atom. The molecule has 5 heteroatoms. The van der Waals surface area contributed by atoms with Crippen molar-refractivity contribution in [2.75, 3.05) is 0 Å². The van der Waals surface area contributed by atoms with E-state index in [1.54, 1.807) is 17.5 Å². The molecule has 3 heterocycles. The monoisotopic (exact) mass is 333 g/mol. The third kappa shape index (κ3) is 2.83. The van der Waals surface area contributed by atoms with E-state index in [9.17, 15) is 0 Å². The standard InChI is InChI=1S/C14H12BrN3S/c15-11-3-9(6-17-8-11)4-12(16)10-5-14-13(18-7-10)1-2-19-14/h1-3,5-8,12H,4,16H2. The fourth-order valence-corrected chi connectivity index (χ4v) is 3.21. The maximum Gasteiger partial charge on any atom is 0.0809 e. The summed E-state index contributed by atoms with van der Waals surface area (Å²) in [4.78, 5) is 8.58. The predicted octanol–water partition coefficient (Wildman–Crippen LogP) is 3.70. The van der Waals surface area contributed by atoms with Gasteiger partial charge in [-0.3, -0.25) is 9.97 Å². The zero-order valence-electron chi connectivity index (χ0n) is 10.1. The van der Waals surface area contributed by atoms with Crippen LogP contribution in [0.15, 0.2) is 46.6 Å². The van der Waals surface area contributed by atoms with Crippen LogP contribution in [0.2, 0.25) is 0 Å². The highest BCUT2D eigenvalue weighted by Gasteiger charge is 2.09. The van der Waals surface area contributed by atoms with E-state index in [2.05, 4.69) is 32.0 Å². The Bertz CT molecular complexity index is 710. The van der Waals surface area contributed by atoms with Crippen molar-refractivity contribution in [1.82, 2.24) is 9.97 Å². The Hall–Kier alpha value is -1.30. The number of rotatable bonds is 3. The molecule has 0 amide bonds. The van der Waals surface area contributed by atoms with Gasteiger partial charge in [0.25, 0.3) is 0 Å². The number of hydrogen-bond donors (Lipinski definition) is 1. The van der Waals surface area contributed by atoms with Crippen LogP contribution in [-0.2, 0) is 6.42 Å². The van der Waals surface area contributed by atoms with Gasteiger partial charge in [-0.05, 0) is 57.1 Å². The Balaban J connectivity index is 1.84. The summed E-state index contributed by atoms with van der Waals surface area (Å²) in [6, 6.07) is 6.13. The first kappa shape index (κ1) is 12.7. The molecule has 0 spiro atoms. The van der Waals surface area contributed by atoms with Gasteiger partial charge >= 0.3 is 0 Å². The summed E-state index contributed by atoms with van der Waals surface area (Å²) in [6.07, 6.45) is 6.24. The number of halogens is 1. The first-order valence-electron chi connectivity index (χ1n) is 5.90. The van der Waals surface area contributed by atoms with Crippen molar-refractivity contribution in [1.29, 1.82) is 0 Å². The summed E-state index contributed by atoms with van der Waals surface area (Å²) in [5.74, 6) is 0. The lowest BCUT2D eigenvalue weighted by atomic mass is 10.0. The molecule has 0 aliphatic carbocycles. The van der Waals surface area contributed by atoms with Crippen molar-refractivity contribution in [3.05, 3.63) is 57.8 Å². The topological polar surface area (TPSA) is 51.8 Å². The molecule has 0 bridgehead atoms. The summed E-state index contributed by atoms with van der Waals surface area (Å²) in [5, 5.41) is 2.05. The van der Waals surface area contributed by atoms with E-state index in [4.69, 9.17) is 5.73 Å². The van der Waals surface area contributed by atoms with E-state index in [-0.39, 0.29) is 6.04 Å². The van der Waals surface area contributed by atoms with Gasteiger partial charge < -0.3 is 5.73 Å². The number of fused-ring (bicyclic) bond motifs is 1. The molecule has 3 aromatic heterocycles. The normalized spacial score (nSPS) is 12.7. The van der Waals surface area contributed by atoms with Crippen LogP contribution in [0.5, 0.6) is 0 Å². The van der Waals surface area contributed by atoms with Crippen LogP contribution >= 0.6 is 27.3 Å². The van der Waals surface area contributed by atoms with Gasteiger partial charge in [0, 0.05) is 29.1 Å². The number of aromatic nitrogens is 2. The second kappa shape index (κ2) is 5.36. The Kier molecular flexibility index (Phi) is 3.59. The molecular formula is C14H12BrN3S. The second-order valence-electron chi connectivity index (χ2n) is 4.39. The molecule has 96 valence electrons. The van der Waals surface area contributed by atoms with E-state index in [0.29, 0.717) is 0 Å². The van der Waals surface area contributed by atoms with Crippen molar-refractivity contribution in [3.8, 4) is 0 Å². The zero-order valence-corrected chi connectivity index (χ0v) is 12.5. The average Bonchev–Trinajstić information content (AvgIpc) is 2.85. The molecule has 3 rings (SSSR count). The summed E-state index contributed by atoms with van der Waals surface area (Å²) in [7, 11) is 0. The van der Waals surface area contributed by atoms with Gasteiger partial charge in [-0.25, -0.2) is 0 Å². The van der Waals surface area contributed by atoms with Crippen LogP contribution in [0.25, 0.3) is 10.2 Å². The Morgan fingerprint density at radius 1 is 1.26 bits per heavy atom. The summed E-state index contributed by atoms with van der Waals surface area (Å²) < 4.78 is 2.16. The molecule has 2 N–H and O–H groups in total. The third-order valence-corrected chi connectivity index (χ3v) is 4.26.